The average molecular weight is 665 g/mol. The molecule has 0 atom stereocenters. The molecular formula is C48H32N4. The molecule has 0 amide bonds. The van der Waals surface area contributed by atoms with Crippen molar-refractivity contribution in [2.45, 2.75) is 0 Å². The Kier molecular flexibility index (Phi) is 6.22. The number of fused-ring (bicyclic) bond motifs is 6. The summed E-state index contributed by atoms with van der Waals surface area (Å²) >= 11 is 0. The summed E-state index contributed by atoms with van der Waals surface area (Å²) in [5.74, 6) is 0. The van der Waals surface area contributed by atoms with Crippen molar-refractivity contribution in [1.82, 2.24) is 9.13 Å². The number of para-hydroxylation sites is 5. The van der Waals surface area contributed by atoms with Crippen LogP contribution in [0.25, 0.3) is 55.0 Å². The SMILES string of the molecule is c1ccc(N2c3cc(c4c(c3)c3ccccc3n4-c3ccccc3)N(c3ccccc3)c3cccc4c3c3c2cccc3n4-c2ccccc2)cc1. The molecule has 11 rings (SSSR count). The molecule has 0 N–H and O–H groups in total. The highest BCUT2D eigenvalue weighted by Gasteiger charge is 2.30. The maximum Gasteiger partial charge on any atom is 0.0784 e. The van der Waals surface area contributed by atoms with E-state index in [1.807, 2.05) is 0 Å². The molecule has 0 saturated carbocycles. The van der Waals surface area contributed by atoms with Gasteiger partial charge in [-0.2, -0.15) is 0 Å². The van der Waals surface area contributed by atoms with E-state index in [9.17, 15) is 0 Å². The molecule has 0 aliphatic carbocycles. The number of nitrogens with zero attached hydrogens (tertiary/aromatic N) is 4. The molecule has 0 saturated heterocycles. The number of rotatable bonds is 4. The van der Waals surface area contributed by atoms with E-state index in [4.69, 9.17) is 0 Å². The van der Waals surface area contributed by atoms with E-state index in [0.29, 0.717) is 0 Å². The second-order valence-electron chi connectivity index (χ2n) is 13.4. The molecule has 10 aromatic rings. The first-order chi connectivity index (χ1) is 25.8. The van der Waals surface area contributed by atoms with Crippen LogP contribution in [0.3, 0.4) is 0 Å². The van der Waals surface area contributed by atoms with Gasteiger partial charge < -0.3 is 18.9 Å². The van der Waals surface area contributed by atoms with E-state index < -0.39 is 0 Å². The maximum absolute atomic E-state index is 2.49. The van der Waals surface area contributed by atoms with Crippen molar-refractivity contribution >= 4 is 77.7 Å². The number of benzene rings is 8. The summed E-state index contributed by atoms with van der Waals surface area (Å²) in [5.41, 5.74) is 13.6. The fourth-order valence-electron chi connectivity index (χ4n) is 8.49. The third-order valence-corrected chi connectivity index (χ3v) is 10.5. The Labute approximate surface area is 301 Å². The molecule has 1 aliphatic heterocycles. The van der Waals surface area contributed by atoms with Crippen LogP contribution in [0.1, 0.15) is 0 Å². The predicted octanol–water partition coefficient (Wildman–Crippen LogP) is 13.1. The largest absolute Gasteiger partial charge is 0.310 e. The van der Waals surface area contributed by atoms with Gasteiger partial charge in [0.25, 0.3) is 0 Å². The van der Waals surface area contributed by atoms with Gasteiger partial charge in [0.15, 0.2) is 0 Å². The van der Waals surface area contributed by atoms with Gasteiger partial charge in [0.2, 0.25) is 0 Å². The summed E-state index contributed by atoms with van der Waals surface area (Å²) in [6.07, 6.45) is 0. The fourth-order valence-corrected chi connectivity index (χ4v) is 8.49. The number of hydrogen-bond acceptors (Lipinski definition) is 2. The van der Waals surface area contributed by atoms with Crippen molar-refractivity contribution in [3.05, 3.63) is 194 Å². The Balaban J connectivity index is 1.40. The van der Waals surface area contributed by atoms with Gasteiger partial charge in [-0.3, -0.25) is 0 Å². The molecule has 0 unspecified atom stereocenters. The molecule has 0 spiro atoms. The van der Waals surface area contributed by atoms with Crippen LogP contribution in [0.15, 0.2) is 194 Å². The molecule has 4 heteroatoms. The summed E-state index contributed by atoms with van der Waals surface area (Å²) in [4.78, 5) is 4.95. The fraction of sp³-hybridized carbons (Fsp3) is 0. The lowest BCUT2D eigenvalue weighted by molar-refractivity contribution is 1.16. The van der Waals surface area contributed by atoms with Gasteiger partial charge in [-0.25, -0.2) is 0 Å². The highest BCUT2D eigenvalue weighted by Crippen LogP contribution is 2.54. The molecular weight excluding hydrogens is 633 g/mol. The zero-order valence-corrected chi connectivity index (χ0v) is 28.3. The van der Waals surface area contributed by atoms with Gasteiger partial charge in [0, 0.05) is 50.0 Å². The molecule has 0 radical (unpaired) electrons. The first-order valence-electron chi connectivity index (χ1n) is 17.8. The smallest absolute Gasteiger partial charge is 0.0784 e. The van der Waals surface area contributed by atoms with Gasteiger partial charge in [0.05, 0.1) is 39.1 Å². The van der Waals surface area contributed by atoms with E-state index in [1.165, 1.54) is 32.6 Å². The molecule has 0 fully saturated rings. The van der Waals surface area contributed by atoms with Gasteiger partial charge in [-0.15, -0.1) is 0 Å². The van der Waals surface area contributed by atoms with Crippen molar-refractivity contribution in [3.8, 4) is 11.4 Å². The molecule has 244 valence electrons. The molecule has 1 aliphatic rings. The lowest BCUT2D eigenvalue weighted by Crippen LogP contribution is -2.13. The topological polar surface area (TPSA) is 16.3 Å². The van der Waals surface area contributed by atoms with Crippen molar-refractivity contribution in [3.63, 3.8) is 0 Å². The van der Waals surface area contributed by atoms with Crippen LogP contribution >= 0.6 is 0 Å². The van der Waals surface area contributed by atoms with Crippen molar-refractivity contribution < 1.29 is 0 Å². The minimum Gasteiger partial charge on any atom is -0.310 e. The van der Waals surface area contributed by atoms with Gasteiger partial charge in [-0.05, 0) is 91.0 Å². The van der Waals surface area contributed by atoms with Crippen LogP contribution in [-0.2, 0) is 0 Å². The molecule has 8 aromatic carbocycles. The summed E-state index contributed by atoms with van der Waals surface area (Å²) in [6, 6.07) is 70.4. The van der Waals surface area contributed by atoms with Gasteiger partial charge >= 0.3 is 0 Å². The van der Waals surface area contributed by atoms with Crippen molar-refractivity contribution in [2.75, 3.05) is 9.80 Å². The number of aromatic nitrogens is 2. The Morgan fingerprint density at radius 1 is 0.269 bits per heavy atom. The summed E-state index contributed by atoms with van der Waals surface area (Å²) < 4.78 is 4.87. The first kappa shape index (κ1) is 28.8. The van der Waals surface area contributed by atoms with Gasteiger partial charge in [-0.1, -0.05) is 103 Å². The quantitative estimate of drug-likeness (QED) is 0.186. The summed E-state index contributed by atoms with van der Waals surface area (Å²) in [5, 5.41) is 4.84. The Morgan fingerprint density at radius 3 is 1.33 bits per heavy atom. The Bertz CT molecular complexity index is 2940. The van der Waals surface area contributed by atoms with Crippen molar-refractivity contribution in [2.24, 2.45) is 0 Å². The van der Waals surface area contributed by atoms with Crippen LogP contribution in [0.2, 0.25) is 0 Å². The van der Waals surface area contributed by atoms with E-state index in [2.05, 4.69) is 213 Å². The van der Waals surface area contributed by atoms with Crippen LogP contribution in [-0.4, -0.2) is 9.13 Å². The third kappa shape index (κ3) is 4.09. The molecule has 4 nitrogen and oxygen atoms in total. The van der Waals surface area contributed by atoms with Crippen LogP contribution < -0.4 is 9.80 Å². The standard InChI is InChI=1S/C48H32N4/c1-5-17-33(18-6-1)49-37-31-39-38-25-13-14-26-40(38)52(36-23-11-4-12-24-36)48(39)45(32-37)51(35-21-9-3-10-22-35)44-30-16-29-43-47(44)46-41(49)27-15-28-42(46)50(43)34-19-7-2-8-20-34/h1-32H. The normalized spacial score (nSPS) is 12.5. The van der Waals surface area contributed by atoms with E-state index >= 15 is 0 Å². The monoisotopic (exact) mass is 664 g/mol. The highest BCUT2D eigenvalue weighted by atomic mass is 15.2. The maximum atomic E-state index is 2.49. The number of anilines is 6. The minimum atomic E-state index is 1.10. The van der Waals surface area contributed by atoms with Crippen LogP contribution in [0, 0.1) is 0 Å². The lowest BCUT2D eigenvalue weighted by Gasteiger charge is -2.29. The van der Waals surface area contributed by atoms with Gasteiger partial charge in [0.1, 0.15) is 0 Å². The van der Waals surface area contributed by atoms with E-state index in [1.54, 1.807) is 0 Å². The molecule has 3 heterocycles. The third-order valence-electron chi connectivity index (χ3n) is 10.5. The van der Waals surface area contributed by atoms with E-state index in [0.717, 1.165) is 56.5 Å². The Hall–Kier alpha value is -7.04. The second-order valence-corrected chi connectivity index (χ2v) is 13.4. The first-order valence-corrected chi connectivity index (χ1v) is 17.8. The molecule has 2 aromatic heterocycles. The Morgan fingerprint density at radius 2 is 0.731 bits per heavy atom. The van der Waals surface area contributed by atoms with Crippen molar-refractivity contribution in [1.29, 1.82) is 0 Å². The van der Waals surface area contributed by atoms with Crippen LogP contribution in [0.5, 0.6) is 0 Å². The molecule has 2 bridgehead atoms. The predicted molar refractivity (Wildman–Crippen MR) is 218 cm³/mol. The second kappa shape index (κ2) is 11.2. The highest BCUT2D eigenvalue weighted by molar-refractivity contribution is 6.24. The molecule has 52 heavy (non-hydrogen) atoms. The van der Waals surface area contributed by atoms with Crippen LogP contribution in [0.4, 0.5) is 34.1 Å². The van der Waals surface area contributed by atoms with E-state index in [-0.39, 0.29) is 0 Å². The number of hydrogen-bond donors (Lipinski definition) is 0. The zero-order chi connectivity index (χ0) is 34.2. The lowest BCUT2D eigenvalue weighted by atomic mass is 10.1. The summed E-state index contributed by atoms with van der Waals surface area (Å²) in [6.45, 7) is 0. The zero-order valence-electron chi connectivity index (χ0n) is 28.3. The minimum absolute atomic E-state index is 1.10. The summed E-state index contributed by atoms with van der Waals surface area (Å²) in [7, 11) is 0. The average Bonchev–Trinajstić information content (AvgIpc) is 3.74.